The van der Waals surface area contributed by atoms with Crippen LogP contribution in [-0.4, -0.2) is 28.8 Å². The Kier molecular flexibility index (Phi) is 3.34. The molecule has 86 valence electrons. The summed E-state index contributed by atoms with van der Waals surface area (Å²) in [5.41, 5.74) is 2.55. The van der Waals surface area contributed by atoms with Gasteiger partial charge in [0.25, 0.3) is 0 Å². The van der Waals surface area contributed by atoms with E-state index in [0.717, 1.165) is 19.6 Å². The quantitative estimate of drug-likeness (QED) is 0.759. The molecule has 1 aliphatic rings. The number of ketones is 1. The van der Waals surface area contributed by atoms with Crippen molar-refractivity contribution in [1.82, 2.24) is 9.88 Å². The van der Waals surface area contributed by atoms with Crippen molar-refractivity contribution in [3.63, 3.8) is 0 Å². The fourth-order valence-electron chi connectivity index (χ4n) is 2.16. The molecule has 0 bridgehead atoms. The summed E-state index contributed by atoms with van der Waals surface area (Å²) in [5, 5.41) is 0. The van der Waals surface area contributed by atoms with Gasteiger partial charge in [-0.15, -0.1) is 0 Å². The van der Waals surface area contributed by atoms with Crippen LogP contribution in [-0.2, 0) is 11.3 Å². The molecule has 2 rings (SSSR count). The Morgan fingerprint density at radius 2 is 2.38 bits per heavy atom. The molecule has 1 saturated heterocycles. The lowest BCUT2D eigenvalue weighted by Crippen LogP contribution is -2.39. The highest BCUT2D eigenvalue weighted by Gasteiger charge is 2.23. The molecule has 2 heterocycles. The van der Waals surface area contributed by atoms with E-state index in [0.29, 0.717) is 12.2 Å². The van der Waals surface area contributed by atoms with Gasteiger partial charge in [0.2, 0.25) is 0 Å². The van der Waals surface area contributed by atoms with Gasteiger partial charge in [-0.25, -0.2) is 0 Å². The molecule has 0 aromatic carbocycles. The number of likely N-dealkylation sites (tertiary alicyclic amines) is 1. The van der Waals surface area contributed by atoms with Crippen molar-refractivity contribution in [2.24, 2.45) is 5.92 Å². The number of carbonyl (C=O) groups is 1. The molecule has 3 heteroatoms. The fourth-order valence-corrected chi connectivity index (χ4v) is 2.16. The van der Waals surface area contributed by atoms with Gasteiger partial charge in [-0.3, -0.25) is 14.7 Å². The molecule has 0 N–H and O–H groups in total. The van der Waals surface area contributed by atoms with E-state index in [-0.39, 0.29) is 5.92 Å². The van der Waals surface area contributed by atoms with Crippen molar-refractivity contribution in [2.75, 3.05) is 13.1 Å². The monoisotopic (exact) mass is 218 g/mol. The molecule has 3 nitrogen and oxygen atoms in total. The van der Waals surface area contributed by atoms with E-state index in [2.05, 4.69) is 22.9 Å². The average Bonchev–Trinajstić information content (AvgIpc) is 2.27. The zero-order valence-electron chi connectivity index (χ0n) is 9.94. The van der Waals surface area contributed by atoms with Crippen molar-refractivity contribution in [3.8, 4) is 0 Å². The first-order valence-electron chi connectivity index (χ1n) is 5.81. The van der Waals surface area contributed by atoms with Crippen molar-refractivity contribution in [2.45, 2.75) is 26.8 Å². The number of aromatic nitrogens is 1. The van der Waals surface area contributed by atoms with E-state index in [1.165, 1.54) is 11.1 Å². The molecule has 0 spiro atoms. The minimum atomic E-state index is 0.191. The number of rotatable bonds is 2. The molecular formula is C13H18N2O. The highest BCUT2D eigenvalue weighted by Crippen LogP contribution is 2.16. The van der Waals surface area contributed by atoms with Gasteiger partial charge in [-0.2, -0.15) is 0 Å². The number of hydrogen-bond donors (Lipinski definition) is 0. The molecule has 1 aliphatic heterocycles. The summed E-state index contributed by atoms with van der Waals surface area (Å²) in [6.07, 6.45) is 4.43. The van der Waals surface area contributed by atoms with Crippen LogP contribution >= 0.6 is 0 Å². The molecule has 0 radical (unpaired) electrons. The first-order chi connectivity index (χ1) is 7.66. The lowest BCUT2D eigenvalue weighted by Gasteiger charge is -2.30. The molecule has 0 aliphatic carbocycles. The van der Waals surface area contributed by atoms with Crippen LogP contribution in [0.4, 0.5) is 0 Å². The zero-order chi connectivity index (χ0) is 11.5. The first-order valence-corrected chi connectivity index (χ1v) is 5.81. The van der Waals surface area contributed by atoms with Crippen molar-refractivity contribution >= 4 is 5.78 Å². The second kappa shape index (κ2) is 4.74. The molecule has 1 fully saturated rings. The van der Waals surface area contributed by atoms with Crippen LogP contribution in [0.25, 0.3) is 0 Å². The number of carbonyl (C=O) groups excluding carboxylic acids is 1. The van der Waals surface area contributed by atoms with Gasteiger partial charge in [-0.1, -0.05) is 6.92 Å². The number of nitrogens with zero attached hydrogens (tertiary/aromatic N) is 2. The number of piperidine rings is 1. The van der Waals surface area contributed by atoms with Crippen molar-refractivity contribution in [3.05, 3.63) is 29.6 Å². The predicted molar refractivity (Wildman–Crippen MR) is 63.0 cm³/mol. The van der Waals surface area contributed by atoms with E-state index in [4.69, 9.17) is 0 Å². The maximum Gasteiger partial charge on any atom is 0.138 e. The minimum Gasteiger partial charge on any atom is -0.299 e. The second-order valence-electron chi connectivity index (χ2n) is 4.65. The Morgan fingerprint density at radius 1 is 1.56 bits per heavy atom. The third kappa shape index (κ3) is 2.47. The maximum atomic E-state index is 11.4. The standard InChI is InChI=1S/C13H18N2O/c1-10-7-14-5-3-12(10)9-15-6-4-13(16)11(2)8-15/h3,5,7,11H,4,6,8-9H2,1-2H3. The Labute approximate surface area is 96.5 Å². The summed E-state index contributed by atoms with van der Waals surface area (Å²) in [6, 6.07) is 2.07. The normalized spacial score (nSPS) is 22.4. The van der Waals surface area contributed by atoms with Gasteiger partial charge in [0.1, 0.15) is 5.78 Å². The van der Waals surface area contributed by atoms with Gasteiger partial charge in [0.05, 0.1) is 0 Å². The third-order valence-corrected chi connectivity index (χ3v) is 3.29. The third-order valence-electron chi connectivity index (χ3n) is 3.29. The molecule has 0 amide bonds. The van der Waals surface area contributed by atoms with Crippen LogP contribution < -0.4 is 0 Å². The SMILES string of the molecule is Cc1cnccc1CN1CCC(=O)C(C)C1. The lowest BCUT2D eigenvalue weighted by atomic mass is 9.98. The van der Waals surface area contributed by atoms with E-state index in [9.17, 15) is 4.79 Å². The Hall–Kier alpha value is -1.22. The predicted octanol–water partition coefficient (Wildman–Crippen LogP) is 1.80. The van der Waals surface area contributed by atoms with Crippen LogP contribution in [0, 0.1) is 12.8 Å². The van der Waals surface area contributed by atoms with Gasteiger partial charge in [-0.05, 0) is 24.1 Å². The molecule has 0 saturated carbocycles. The topological polar surface area (TPSA) is 33.2 Å². The molecule has 1 aromatic rings. The number of Topliss-reactive ketones (excluding diaryl/α,β-unsaturated/α-hetero) is 1. The fraction of sp³-hybridized carbons (Fsp3) is 0.538. The summed E-state index contributed by atoms with van der Waals surface area (Å²) in [7, 11) is 0. The molecule has 1 atom stereocenters. The van der Waals surface area contributed by atoms with E-state index < -0.39 is 0 Å². The van der Waals surface area contributed by atoms with E-state index in [1.807, 2.05) is 19.3 Å². The van der Waals surface area contributed by atoms with Crippen LogP contribution in [0.1, 0.15) is 24.5 Å². The average molecular weight is 218 g/mol. The van der Waals surface area contributed by atoms with E-state index >= 15 is 0 Å². The minimum absolute atomic E-state index is 0.191. The summed E-state index contributed by atoms with van der Waals surface area (Å²) < 4.78 is 0. The Balaban J connectivity index is 2.01. The van der Waals surface area contributed by atoms with Crippen LogP contribution in [0.3, 0.4) is 0 Å². The van der Waals surface area contributed by atoms with Crippen molar-refractivity contribution in [1.29, 1.82) is 0 Å². The molecule has 16 heavy (non-hydrogen) atoms. The van der Waals surface area contributed by atoms with Gasteiger partial charge in [0, 0.05) is 44.4 Å². The van der Waals surface area contributed by atoms with Gasteiger partial charge in [0.15, 0.2) is 0 Å². The summed E-state index contributed by atoms with van der Waals surface area (Å²) in [4.78, 5) is 17.9. The second-order valence-corrected chi connectivity index (χ2v) is 4.65. The number of pyridine rings is 1. The summed E-state index contributed by atoms with van der Waals surface area (Å²) in [6.45, 7) is 6.83. The van der Waals surface area contributed by atoms with Gasteiger partial charge >= 0.3 is 0 Å². The van der Waals surface area contributed by atoms with E-state index in [1.54, 1.807) is 0 Å². The van der Waals surface area contributed by atoms with Crippen molar-refractivity contribution < 1.29 is 4.79 Å². The van der Waals surface area contributed by atoms with Crippen LogP contribution in [0.5, 0.6) is 0 Å². The highest BCUT2D eigenvalue weighted by atomic mass is 16.1. The largest absolute Gasteiger partial charge is 0.299 e. The zero-order valence-corrected chi connectivity index (χ0v) is 9.94. The Morgan fingerprint density at radius 3 is 3.06 bits per heavy atom. The van der Waals surface area contributed by atoms with Gasteiger partial charge < -0.3 is 0 Å². The van der Waals surface area contributed by atoms with Crippen LogP contribution in [0.2, 0.25) is 0 Å². The molecule has 1 aromatic heterocycles. The lowest BCUT2D eigenvalue weighted by molar-refractivity contribution is -0.125. The maximum absolute atomic E-state index is 11.4. The van der Waals surface area contributed by atoms with Crippen LogP contribution in [0.15, 0.2) is 18.5 Å². The first kappa shape index (κ1) is 11.3. The highest BCUT2D eigenvalue weighted by molar-refractivity contribution is 5.81. The smallest absolute Gasteiger partial charge is 0.138 e. The summed E-state index contributed by atoms with van der Waals surface area (Å²) in [5.74, 6) is 0.596. The molecular weight excluding hydrogens is 200 g/mol. The number of aryl methyl sites for hydroxylation is 1. The Bertz CT molecular complexity index is 389. The number of hydrogen-bond acceptors (Lipinski definition) is 3. The molecule has 1 unspecified atom stereocenters. The summed E-state index contributed by atoms with van der Waals surface area (Å²) >= 11 is 0.